The Kier molecular flexibility index (Phi) is 7.26. The highest BCUT2D eigenvalue weighted by atomic mass is 32.2. The Bertz CT molecular complexity index is 76.8. The largest absolute Gasteiger partial charge is 0.162 e. The van der Waals surface area contributed by atoms with Crippen molar-refractivity contribution < 1.29 is 0 Å². The van der Waals surface area contributed by atoms with Gasteiger partial charge in [0.05, 0.1) is 0 Å². The Morgan fingerprint density at radius 1 is 1.50 bits per heavy atom. The Balaban J connectivity index is 2.83. The highest BCUT2D eigenvalue weighted by molar-refractivity contribution is 7.99. The van der Waals surface area contributed by atoms with Gasteiger partial charge < -0.3 is 0 Å². The van der Waals surface area contributed by atoms with Crippen molar-refractivity contribution >= 4 is 11.8 Å². The molecule has 0 N–H and O–H groups in total. The van der Waals surface area contributed by atoms with Crippen molar-refractivity contribution in [2.24, 2.45) is 5.92 Å². The van der Waals surface area contributed by atoms with Crippen LogP contribution in [0, 0.1) is 5.92 Å². The molecule has 0 aromatic rings. The van der Waals surface area contributed by atoms with Crippen LogP contribution in [-0.2, 0) is 0 Å². The molecule has 10 heavy (non-hydrogen) atoms. The monoisotopic (exact) mass is 158 g/mol. The molecule has 0 saturated heterocycles. The van der Waals surface area contributed by atoms with E-state index in [4.69, 9.17) is 0 Å². The normalized spacial score (nSPS) is 10.3. The topological polar surface area (TPSA) is 0 Å². The first-order valence-electron chi connectivity index (χ1n) is 3.96. The minimum atomic E-state index is 0.841. The fourth-order valence-electron chi connectivity index (χ4n) is 0.649. The van der Waals surface area contributed by atoms with Gasteiger partial charge in [-0.25, -0.2) is 0 Å². The van der Waals surface area contributed by atoms with Gasteiger partial charge in [-0.15, -0.1) is 6.58 Å². The first kappa shape index (κ1) is 10.1. The lowest BCUT2D eigenvalue weighted by Crippen LogP contribution is -1.91. The first-order chi connectivity index (χ1) is 4.77. The lowest BCUT2D eigenvalue weighted by atomic mass is 10.3. The van der Waals surface area contributed by atoms with Crippen LogP contribution in [0.2, 0.25) is 0 Å². The molecular formula is C9H18S. The molecule has 0 nitrogen and oxygen atoms in total. The summed E-state index contributed by atoms with van der Waals surface area (Å²) < 4.78 is 0. The molecule has 0 fully saturated rings. The summed E-state index contributed by atoms with van der Waals surface area (Å²) in [7, 11) is 0. The van der Waals surface area contributed by atoms with Crippen LogP contribution in [0.3, 0.4) is 0 Å². The quantitative estimate of drug-likeness (QED) is 0.422. The van der Waals surface area contributed by atoms with E-state index in [1.165, 1.54) is 24.3 Å². The van der Waals surface area contributed by atoms with Crippen LogP contribution in [0.25, 0.3) is 0 Å². The molecule has 0 aliphatic carbocycles. The third kappa shape index (κ3) is 8.09. The lowest BCUT2D eigenvalue weighted by Gasteiger charge is -2.02. The van der Waals surface area contributed by atoms with Gasteiger partial charge >= 0.3 is 0 Å². The zero-order valence-electron chi connectivity index (χ0n) is 7.10. The summed E-state index contributed by atoms with van der Waals surface area (Å²) in [6.45, 7) is 8.21. The van der Waals surface area contributed by atoms with Crippen molar-refractivity contribution in [2.45, 2.75) is 26.7 Å². The molecule has 1 heteroatoms. The first-order valence-corrected chi connectivity index (χ1v) is 5.11. The van der Waals surface area contributed by atoms with E-state index in [1.54, 1.807) is 0 Å². The van der Waals surface area contributed by atoms with Gasteiger partial charge in [0.2, 0.25) is 0 Å². The Morgan fingerprint density at radius 3 is 2.70 bits per heavy atom. The average molecular weight is 158 g/mol. The molecule has 0 unspecified atom stereocenters. The molecule has 0 heterocycles. The molecule has 0 spiro atoms. The van der Waals surface area contributed by atoms with E-state index in [-0.39, 0.29) is 0 Å². The Morgan fingerprint density at radius 2 is 2.20 bits per heavy atom. The maximum absolute atomic E-state index is 3.68. The van der Waals surface area contributed by atoms with Gasteiger partial charge in [-0.05, 0) is 30.3 Å². The molecule has 60 valence electrons. The number of thioether (sulfide) groups is 1. The highest BCUT2D eigenvalue weighted by Gasteiger charge is 1.92. The van der Waals surface area contributed by atoms with E-state index in [9.17, 15) is 0 Å². The molecule has 0 bridgehead atoms. The van der Waals surface area contributed by atoms with Crippen LogP contribution in [0.1, 0.15) is 26.7 Å². The number of rotatable bonds is 6. The Hall–Kier alpha value is 0.0900. The van der Waals surface area contributed by atoms with Crippen molar-refractivity contribution in [3.05, 3.63) is 12.7 Å². The zero-order chi connectivity index (χ0) is 7.82. The summed E-state index contributed by atoms with van der Waals surface area (Å²) in [6.07, 6.45) is 4.46. The smallest absolute Gasteiger partial charge is 0.00444 e. The fourth-order valence-corrected chi connectivity index (χ4v) is 1.66. The second-order valence-corrected chi connectivity index (χ2v) is 4.05. The standard InChI is InChI=1S/C9H18S/c1-4-5-6-7-10-8-9(2)3/h4,9H,1,5-8H2,2-3H3. The van der Waals surface area contributed by atoms with Crippen LogP contribution in [0.15, 0.2) is 12.7 Å². The lowest BCUT2D eigenvalue weighted by molar-refractivity contribution is 0.749. The van der Waals surface area contributed by atoms with Gasteiger partial charge in [0.25, 0.3) is 0 Å². The predicted molar refractivity (Wildman–Crippen MR) is 51.6 cm³/mol. The van der Waals surface area contributed by atoms with E-state index >= 15 is 0 Å². The van der Waals surface area contributed by atoms with Crippen molar-refractivity contribution in [3.8, 4) is 0 Å². The van der Waals surface area contributed by atoms with Gasteiger partial charge in [-0.1, -0.05) is 19.9 Å². The molecule has 0 saturated carbocycles. The number of hydrogen-bond donors (Lipinski definition) is 0. The van der Waals surface area contributed by atoms with E-state index in [2.05, 4.69) is 32.2 Å². The summed E-state index contributed by atoms with van der Waals surface area (Å²) in [6, 6.07) is 0. The number of hydrogen-bond acceptors (Lipinski definition) is 1. The van der Waals surface area contributed by atoms with E-state index < -0.39 is 0 Å². The summed E-state index contributed by atoms with van der Waals surface area (Å²) in [5.41, 5.74) is 0. The van der Waals surface area contributed by atoms with Crippen molar-refractivity contribution in [3.63, 3.8) is 0 Å². The molecular weight excluding hydrogens is 140 g/mol. The van der Waals surface area contributed by atoms with Crippen LogP contribution in [-0.4, -0.2) is 11.5 Å². The van der Waals surface area contributed by atoms with E-state index in [0.717, 1.165) is 5.92 Å². The molecule has 0 rings (SSSR count). The molecule has 0 amide bonds. The molecule has 0 aliphatic heterocycles. The third-order valence-corrected chi connectivity index (χ3v) is 2.63. The summed E-state index contributed by atoms with van der Waals surface area (Å²) in [5.74, 6) is 3.44. The highest BCUT2D eigenvalue weighted by Crippen LogP contribution is 2.09. The van der Waals surface area contributed by atoms with Crippen molar-refractivity contribution in [2.75, 3.05) is 11.5 Å². The van der Waals surface area contributed by atoms with Gasteiger partial charge in [0.15, 0.2) is 0 Å². The maximum Gasteiger partial charge on any atom is -0.00444 e. The Labute approximate surface area is 69.1 Å². The summed E-state index contributed by atoms with van der Waals surface area (Å²) in [4.78, 5) is 0. The number of unbranched alkanes of at least 4 members (excludes halogenated alkanes) is 1. The van der Waals surface area contributed by atoms with E-state index in [0.29, 0.717) is 0 Å². The molecule has 0 aromatic carbocycles. The maximum atomic E-state index is 3.68. The van der Waals surface area contributed by atoms with Gasteiger partial charge in [-0.3, -0.25) is 0 Å². The van der Waals surface area contributed by atoms with E-state index in [1.807, 2.05) is 6.08 Å². The summed E-state index contributed by atoms with van der Waals surface area (Å²) in [5, 5.41) is 0. The molecule has 0 aliphatic rings. The van der Waals surface area contributed by atoms with Crippen molar-refractivity contribution in [1.82, 2.24) is 0 Å². The average Bonchev–Trinajstić information content (AvgIpc) is 1.87. The van der Waals surface area contributed by atoms with Crippen LogP contribution in [0.5, 0.6) is 0 Å². The van der Waals surface area contributed by atoms with Crippen LogP contribution < -0.4 is 0 Å². The number of allylic oxidation sites excluding steroid dienone is 1. The predicted octanol–water partition coefficient (Wildman–Crippen LogP) is 3.34. The van der Waals surface area contributed by atoms with Crippen molar-refractivity contribution in [1.29, 1.82) is 0 Å². The van der Waals surface area contributed by atoms with Gasteiger partial charge in [-0.2, -0.15) is 11.8 Å². The third-order valence-electron chi connectivity index (χ3n) is 1.15. The SMILES string of the molecule is C=CCCCSCC(C)C. The zero-order valence-corrected chi connectivity index (χ0v) is 7.91. The molecule has 0 atom stereocenters. The molecule has 0 aromatic heterocycles. The fraction of sp³-hybridized carbons (Fsp3) is 0.778. The second-order valence-electron chi connectivity index (χ2n) is 2.90. The van der Waals surface area contributed by atoms with Gasteiger partial charge in [0.1, 0.15) is 0 Å². The second kappa shape index (κ2) is 7.20. The van der Waals surface area contributed by atoms with Crippen LogP contribution >= 0.6 is 11.8 Å². The minimum Gasteiger partial charge on any atom is -0.162 e. The van der Waals surface area contributed by atoms with Gasteiger partial charge in [0, 0.05) is 0 Å². The minimum absolute atomic E-state index is 0.841. The van der Waals surface area contributed by atoms with Crippen LogP contribution in [0.4, 0.5) is 0 Å². The molecule has 0 radical (unpaired) electrons. The summed E-state index contributed by atoms with van der Waals surface area (Å²) >= 11 is 2.05.